The first kappa shape index (κ1) is 12.1. The van der Waals surface area contributed by atoms with Gasteiger partial charge in [0, 0.05) is 13.7 Å². The molecule has 0 aliphatic carbocycles. The molecule has 0 bridgehead atoms. The summed E-state index contributed by atoms with van der Waals surface area (Å²) in [6.07, 6.45) is 2.39. The van der Waals surface area contributed by atoms with E-state index in [-0.39, 0.29) is 0 Å². The van der Waals surface area contributed by atoms with E-state index >= 15 is 0 Å². The van der Waals surface area contributed by atoms with E-state index in [4.69, 9.17) is 9.84 Å². The molecule has 0 saturated carbocycles. The summed E-state index contributed by atoms with van der Waals surface area (Å²) in [7, 11) is 1.75. The van der Waals surface area contributed by atoms with Gasteiger partial charge in [0.15, 0.2) is 0 Å². The summed E-state index contributed by atoms with van der Waals surface area (Å²) < 4.78 is 5.23. The lowest BCUT2D eigenvalue weighted by Crippen LogP contribution is -2.29. The standard InChI is InChI=1S/C14H20N2O/c1-12(13-7-4-3-5-8-13)15-16-10-6-9-14(16)11-17-2/h3-5,7-8,14H,6,9-11H2,1-2H3/t14-/m0/s1. The SMILES string of the molecule is COC[C@@H]1CCCN1N=C(C)c1ccccc1. The second kappa shape index (κ2) is 5.82. The Hall–Kier alpha value is -1.35. The molecule has 1 aliphatic rings. The van der Waals surface area contributed by atoms with E-state index in [1.54, 1.807) is 7.11 Å². The lowest BCUT2D eigenvalue weighted by Gasteiger charge is -2.21. The molecule has 0 radical (unpaired) electrons. The number of hydrogen-bond acceptors (Lipinski definition) is 3. The van der Waals surface area contributed by atoms with Crippen molar-refractivity contribution in [1.29, 1.82) is 0 Å². The van der Waals surface area contributed by atoms with Crippen molar-refractivity contribution in [2.24, 2.45) is 5.10 Å². The van der Waals surface area contributed by atoms with Gasteiger partial charge >= 0.3 is 0 Å². The van der Waals surface area contributed by atoms with E-state index in [0.29, 0.717) is 6.04 Å². The summed E-state index contributed by atoms with van der Waals surface area (Å²) in [5, 5.41) is 6.89. The highest BCUT2D eigenvalue weighted by Gasteiger charge is 2.23. The maximum absolute atomic E-state index is 5.23. The first-order valence-electron chi connectivity index (χ1n) is 6.17. The Morgan fingerprint density at radius 1 is 1.41 bits per heavy atom. The quantitative estimate of drug-likeness (QED) is 0.745. The van der Waals surface area contributed by atoms with E-state index in [0.717, 1.165) is 18.9 Å². The molecule has 1 saturated heterocycles. The third-order valence-electron chi connectivity index (χ3n) is 3.18. The van der Waals surface area contributed by atoms with Crippen molar-refractivity contribution in [3.05, 3.63) is 35.9 Å². The fourth-order valence-corrected chi connectivity index (χ4v) is 2.24. The molecule has 92 valence electrons. The largest absolute Gasteiger partial charge is 0.382 e. The van der Waals surface area contributed by atoms with Crippen molar-refractivity contribution < 1.29 is 4.74 Å². The number of hydrazone groups is 1. The number of nitrogens with zero attached hydrogens (tertiary/aromatic N) is 2. The van der Waals surface area contributed by atoms with Gasteiger partial charge in [-0.3, -0.25) is 5.01 Å². The van der Waals surface area contributed by atoms with Gasteiger partial charge in [0.1, 0.15) is 0 Å². The zero-order valence-corrected chi connectivity index (χ0v) is 10.6. The van der Waals surface area contributed by atoms with Crippen molar-refractivity contribution >= 4 is 5.71 Å². The fraction of sp³-hybridized carbons (Fsp3) is 0.500. The number of rotatable bonds is 4. The van der Waals surface area contributed by atoms with E-state index in [1.165, 1.54) is 18.4 Å². The monoisotopic (exact) mass is 232 g/mol. The van der Waals surface area contributed by atoms with E-state index in [2.05, 4.69) is 24.1 Å². The third kappa shape index (κ3) is 3.07. The Morgan fingerprint density at radius 3 is 2.88 bits per heavy atom. The molecule has 1 aliphatic heterocycles. The maximum Gasteiger partial charge on any atom is 0.0704 e. The van der Waals surface area contributed by atoms with Gasteiger partial charge in [-0.1, -0.05) is 30.3 Å². The molecule has 1 atom stereocenters. The summed E-state index contributed by atoms with van der Waals surface area (Å²) in [5.74, 6) is 0. The molecule has 0 unspecified atom stereocenters. The highest BCUT2D eigenvalue weighted by atomic mass is 16.5. The topological polar surface area (TPSA) is 24.8 Å². The smallest absolute Gasteiger partial charge is 0.0704 e. The van der Waals surface area contributed by atoms with Crippen molar-refractivity contribution in [3.8, 4) is 0 Å². The molecular formula is C14H20N2O. The molecule has 17 heavy (non-hydrogen) atoms. The van der Waals surface area contributed by atoms with Crippen LogP contribution >= 0.6 is 0 Å². The molecule has 2 rings (SSSR count). The van der Waals surface area contributed by atoms with E-state index in [9.17, 15) is 0 Å². The van der Waals surface area contributed by atoms with Gasteiger partial charge in [-0.2, -0.15) is 5.10 Å². The Kier molecular flexibility index (Phi) is 4.15. The summed E-state index contributed by atoms with van der Waals surface area (Å²) in [4.78, 5) is 0. The van der Waals surface area contributed by atoms with Crippen LogP contribution in [0.4, 0.5) is 0 Å². The summed E-state index contributed by atoms with van der Waals surface area (Å²) in [6.45, 7) is 3.88. The Balaban J connectivity index is 2.08. The van der Waals surface area contributed by atoms with E-state index < -0.39 is 0 Å². The van der Waals surface area contributed by atoms with Crippen LogP contribution in [0.2, 0.25) is 0 Å². The average Bonchev–Trinajstić information content (AvgIpc) is 2.78. The maximum atomic E-state index is 5.23. The number of methoxy groups -OCH3 is 1. The van der Waals surface area contributed by atoms with Crippen LogP contribution in [0, 0.1) is 0 Å². The Bertz CT molecular complexity index is 375. The molecule has 1 aromatic rings. The van der Waals surface area contributed by atoms with Crippen LogP contribution in [0.25, 0.3) is 0 Å². The minimum atomic E-state index is 0.443. The molecule has 0 spiro atoms. The molecule has 3 nitrogen and oxygen atoms in total. The molecular weight excluding hydrogens is 212 g/mol. The average molecular weight is 232 g/mol. The second-order valence-electron chi connectivity index (χ2n) is 4.47. The summed E-state index contributed by atoms with van der Waals surface area (Å²) >= 11 is 0. The third-order valence-corrected chi connectivity index (χ3v) is 3.18. The molecule has 3 heteroatoms. The number of ether oxygens (including phenoxy) is 1. The van der Waals surface area contributed by atoms with Crippen LogP contribution in [0.3, 0.4) is 0 Å². The number of benzene rings is 1. The highest BCUT2D eigenvalue weighted by Crippen LogP contribution is 2.18. The van der Waals surface area contributed by atoms with Crippen LogP contribution in [0.15, 0.2) is 35.4 Å². The fourth-order valence-electron chi connectivity index (χ4n) is 2.24. The first-order chi connectivity index (χ1) is 8.31. The van der Waals surface area contributed by atoms with Gasteiger partial charge in [0.05, 0.1) is 18.4 Å². The number of hydrogen-bond donors (Lipinski definition) is 0. The predicted octanol–water partition coefficient (Wildman–Crippen LogP) is 2.52. The molecule has 0 N–H and O–H groups in total. The lowest BCUT2D eigenvalue weighted by molar-refractivity contribution is 0.118. The molecule has 0 amide bonds. The van der Waals surface area contributed by atoms with Gasteiger partial charge in [0.25, 0.3) is 0 Å². The van der Waals surface area contributed by atoms with Crippen molar-refractivity contribution in [1.82, 2.24) is 5.01 Å². The van der Waals surface area contributed by atoms with Crippen LogP contribution in [0.5, 0.6) is 0 Å². The summed E-state index contributed by atoms with van der Waals surface area (Å²) in [6, 6.07) is 10.8. The zero-order chi connectivity index (χ0) is 12.1. The van der Waals surface area contributed by atoms with Crippen LogP contribution in [-0.4, -0.2) is 37.0 Å². The first-order valence-corrected chi connectivity index (χ1v) is 6.17. The summed E-state index contributed by atoms with van der Waals surface area (Å²) in [5.41, 5.74) is 2.27. The van der Waals surface area contributed by atoms with Crippen molar-refractivity contribution in [3.63, 3.8) is 0 Å². The Morgan fingerprint density at radius 2 is 2.18 bits per heavy atom. The predicted molar refractivity (Wildman–Crippen MR) is 70.3 cm³/mol. The van der Waals surface area contributed by atoms with Crippen molar-refractivity contribution in [2.45, 2.75) is 25.8 Å². The minimum absolute atomic E-state index is 0.443. The molecule has 0 aromatic heterocycles. The normalized spacial score (nSPS) is 20.9. The molecule has 1 heterocycles. The van der Waals surface area contributed by atoms with Crippen molar-refractivity contribution in [2.75, 3.05) is 20.3 Å². The second-order valence-corrected chi connectivity index (χ2v) is 4.47. The zero-order valence-electron chi connectivity index (χ0n) is 10.6. The van der Waals surface area contributed by atoms with Crippen LogP contribution in [-0.2, 0) is 4.74 Å². The van der Waals surface area contributed by atoms with Crippen LogP contribution in [0.1, 0.15) is 25.3 Å². The lowest BCUT2D eigenvalue weighted by atomic mass is 10.1. The van der Waals surface area contributed by atoms with Gasteiger partial charge in [0.2, 0.25) is 0 Å². The Labute approximate surface area is 103 Å². The van der Waals surface area contributed by atoms with Gasteiger partial charge in [-0.25, -0.2) is 0 Å². The highest BCUT2D eigenvalue weighted by molar-refractivity contribution is 5.98. The van der Waals surface area contributed by atoms with Gasteiger partial charge in [-0.15, -0.1) is 0 Å². The molecule has 1 fully saturated rings. The van der Waals surface area contributed by atoms with E-state index in [1.807, 2.05) is 18.2 Å². The van der Waals surface area contributed by atoms with Crippen LogP contribution < -0.4 is 0 Å². The van der Waals surface area contributed by atoms with Gasteiger partial charge < -0.3 is 4.74 Å². The molecule has 1 aromatic carbocycles. The minimum Gasteiger partial charge on any atom is -0.382 e. The van der Waals surface area contributed by atoms with Gasteiger partial charge in [-0.05, 0) is 25.3 Å².